The molecule has 0 aliphatic carbocycles. The quantitative estimate of drug-likeness (QED) is 0.229. The molecule has 0 bridgehead atoms. The summed E-state index contributed by atoms with van der Waals surface area (Å²) in [6.07, 6.45) is -0.105. The Labute approximate surface area is 171 Å². The van der Waals surface area contributed by atoms with Crippen molar-refractivity contribution < 1.29 is 48.6 Å². The second kappa shape index (κ2) is 9.93. The monoisotopic (exact) mass is 460 g/mol. The van der Waals surface area contributed by atoms with Gasteiger partial charge in [0.1, 0.15) is 0 Å². The van der Waals surface area contributed by atoms with Crippen LogP contribution < -0.4 is 10.9 Å². The van der Waals surface area contributed by atoms with E-state index in [9.17, 15) is 43.9 Å². The molecule has 2 rings (SSSR count). The van der Waals surface area contributed by atoms with E-state index in [4.69, 9.17) is 4.65 Å². The number of benzene rings is 2. The summed E-state index contributed by atoms with van der Waals surface area (Å²) in [5.41, 5.74) is -3.73. The predicted octanol–water partition coefficient (Wildman–Crippen LogP) is 5.17. The first-order chi connectivity index (χ1) is 14.5. The van der Waals surface area contributed by atoms with E-state index in [0.717, 1.165) is 0 Å². The van der Waals surface area contributed by atoms with Crippen LogP contribution in [0.5, 0.6) is 0 Å². The van der Waals surface area contributed by atoms with Crippen molar-refractivity contribution in [3.8, 4) is 0 Å². The van der Waals surface area contributed by atoms with Crippen molar-refractivity contribution in [2.75, 3.05) is 0 Å². The van der Waals surface area contributed by atoms with E-state index in [-0.39, 0.29) is 12.8 Å². The van der Waals surface area contributed by atoms with Gasteiger partial charge in [0.25, 0.3) is 0 Å². The van der Waals surface area contributed by atoms with Crippen LogP contribution in [0.15, 0.2) is 0 Å². The average molecular weight is 460 g/mol. The van der Waals surface area contributed by atoms with Gasteiger partial charge in [0.2, 0.25) is 0 Å². The van der Waals surface area contributed by atoms with Crippen LogP contribution in [0.25, 0.3) is 0 Å². The number of rotatable bonds is 8. The molecule has 1 nitrogen and oxygen atoms in total. The minimum atomic E-state index is -2.81. The minimum Gasteiger partial charge on any atom is -0.424 e. The van der Waals surface area contributed by atoms with Crippen LogP contribution in [0.1, 0.15) is 39.5 Å². The molecular weight excluding hydrogens is 445 g/mol. The van der Waals surface area contributed by atoms with Gasteiger partial charge < -0.3 is 4.65 Å². The molecule has 0 heterocycles. The SMILES string of the molecule is CCCC(CCC)OB(c1c(F)c(F)c(F)c(F)c1F)c1c(F)c(F)c(F)c(F)c1F. The molecule has 0 spiro atoms. The van der Waals surface area contributed by atoms with Crippen LogP contribution in [0.2, 0.25) is 0 Å². The van der Waals surface area contributed by atoms with Gasteiger partial charge in [0.05, 0.1) is 0 Å². The van der Waals surface area contributed by atoms with Crippen molar-refractivity contribution in [1.29, 1.82) is 0 Å². The van der Waals surface area contributed by atoms with Crippen molar-refractivity contribution in [3.63, 3.8) is 0 Å². The fraction of sp³-hybridized carbons (Fsp3) is 0.368. The van der Waals surface area contributed by atoms with E-state index >= 15 is 0 Å². The van der Waals surface area contributed by atoms with Gasteiger partial charge >= 0.3 is 6.92 Å². The molecule has 0 amide bonds. The molecule has 0 radical (unpaired) electrons. The second-order valence-electron chi connectivity index (χ2n) is 6.68. The van der Waals surface area contributed by atoms with E-state index in [1.165, 1.54) is 0 Å². The summed E-state index contributed by atoms with van der Waals surface area (Å²) in [5, 5.41) is 0. The van der Waals surface area contributed by atoms with Crippen LogP contribution in [0.4, 0.5) is 43.9 Å². The highest BCUT2D eigenvalue weighted by Crippen LogP contribution is 2.22. The highest BCUT2D eigenvalue weighted by atomic mass is 19.2. The lowest BCUT2D eigenvalue weighted by Gasteiger charge is -2.25. The fourth-order valence-electron chi connectivity index (χ4n) is 3.10. The van der Waals surface area contributed by atoms with Gasteiger partial charge in [0, 0.05) is 17.0 Å². The predicted molar refractivity (Wildman–Crippen MR) is 92.2 cm³/mol. The Kier molecular flexibility index (Phi) is 8.01. The van der Waals surface area contributed by atoms with Gasteiger partial charge in [-0.15, -0.1) is 0 Å². The van der Waals surface area contributed by atoms with Crippen LogP contribution in [0.3, 0.4) is 0 Å². The van der Waals surface area contributed by atoms with Crippen molar-refractivity contribution in [2.24, 2.45) is 0 Å². The Morgan fingerprint density at radius 3 is 1.03 bits per heavy atom. The Bertz CT molecular complexity index is 848. The van der Waals surface area contributed by atoms with Crippen LogP contribution >= 0.6 is 0 Å². The van der Waals surface area contributed by atoms with Gasteiger partial charge in [-0.3, -0.25) is 0 Å². The molecule has 0 aliphatic rings. The summed E-state index contributed by atoms with van der Waals surface area (Å²) in [6.45, 7) is 0.465. The summed E-state index contributed by atoms with van der Waals surface area (Å²) in [7, 11) is 0. The molecule has 31 heavy (non-hydrogen) atoms. The molecule has 12 heteroatoms. The molecule has 0 saturated carbocycles. The Hall–Kier alpha value is -2.24. The van der Waals surface area contributed by atoms with Gasteiger partial charge in [-0.1, -0.05) is 26.7 Å². The maximum absolute atomic E-state index is 14.4. The second-order valence-corrected chi connectivity index (χ2v) is 6.68. The maximum atomic E-state index is 14.4. The molecule has 170 valence electrons. The molecular formula is C19H15BF10O. The average Bonchev–Trinajstić information content (AvgIpc) is 2.74. The topological polar surface area (TPSA) is 9.23 Å². The normalized spacial score (nSPS) is 11.5. The largest absolute Gasteiger partial charge is 0.424 e. The van der Waals surface area contributed by atoms with Crippen molar-refractivity contribution >= 4 is 17.8 Å². The third-order valence-electron chi connectivity index (χ3n) is 4.56. The van der Waals surface area contributed by atoms with E-state index < -0.39 is 82.1 Å². The fourth-order valence-corrected chi connectivity index (χ4v) is 3.10. The molecule has 2 aromatic carbocycles. The van der Waals surface area contributed by atoms with Gasteiger partial charge in [-0.05, 0) is 12.8 Å². The zero-order valence-corrected chi connectivity index (χ0v) is 16.2. The van der Waals surface area contributed by atoms with Crippen molar-refractivity contribution in [2.45, 2.75) is 45.6 Å². The number of hydrogen-bond acceptors (Lipinski definition) is 1. The third-order valence-corrected chi connectivity index (χ3v) is 4.56. The van der Waals surface area contributed by atoms with Crippen LogP contribution in [0, 0.1) is 58.2 Å². The number of hydrogen-bond donors (Lipinski definition) is 0. The Morgan fingerprint density at radius 1 is 0.516 bits per heavy atom. The molecule has 0 atom stereocenters. The summed E-state index contributed by atoms with van der Waals surface area (Å²) < 4.78 is 145. The lowest BCUT2D eigenvalue weighted by molar-refractivity contribution is 0.184. The molecule has 0 N–H and O–H groups in total. The summed E-state index contributed by atoms with van der Waals surface area (Å²) in [5.74, 6) is -25.0. The number of halogens is 10. The first-order valence-electron chi connectivity index (χ1n) is 9.17. The van der Waals surface area contributed by atoms with Crippen LogP contribution in [-0.2, 0) is 4.65 Å². The molecule has 0 aromatic heterocycles. The van der Waals surface area contributed by atoms with E-state index in [1.807, 2.05) is 0 Å². The minimum absolute atomic E-state index is 0.106. The Morgan fingerprint density at radius 2 is 0.774 bits per heavy atom. The zero-order valence-electron chi connectivity index (χ0n) is 16.2. The van der Waals surface area contributed by atoms with E-state index in [2.05, 4.69) is 0 Å². The van der Waals surface area contributed by atoms with Crippen molar-refractivity contribution in [1.82, 2.24) is 0 Å². The van der Waals surface area contributed by atoms with E-state index in [1.54, 1.807) is 13.8 Å². The molecule has 0 unspecified atom stereocenters. The highest BCUT2D eigenvalue weighted by Gasteiger charge is 2.42. The van der Waals surface area contributed by atoms with E-state index in [0.29, 0.717) is 12.8 Å². The summed E-state index contributed by atoms with van der Waals surface area (Å²) >= 11 is 0. The third kappa shape index (κ3) is 4.53. The standard InChI is InChI=1S/C19H15BF10O/c1-3-5-7(6-4-2)31-20(8-10(21)14(25)18(29)15(26)11(8)22)9-12(23)16(27)19(30)17(28)13(9)24/h7H,3-6H2,1-2H3. The maximum Gasteiger partial charge on any atom is 0.374 e. The lowest BCUT2D eigenvalue weighted by atomic mass is 9.54. The lowest BCUT2D eigenvalue weighted by Crippen LogP contribution is -2.54. The molecule has 2 aromatic rings. The van der Waals surface area contributed by atoms with Gasteiger partial charge in [-0.25, -0.2) is 43.9 Å². The van der Waals surface area contributed by atoms with Crippen LogP contribution in [-0.4, -0.2) is 13.0 Å². The molecule has 0 aliphatic heterocycles. The summed E-state index contributed by atoms with van der Waals surface area (Å²) in [4.78, 5) is 0. The Balaban J connectivity index is 2.89. The van der Waals surface area contributed by atoms with Crippen molar-refractivity contribution in [3.05, 3.63) is 58.2 Å². The molecule has 0 saturated heterocycles. The summed E-state index contributed by atoms with van der Waals surface area (Å²) in [6, 6.07) is 0. The first kappa shape index (κ1) is 25.0. The first-order valence-corrected chi connectivity index (χ1v) is 9.17. The highest BCUT2D eigenvalue weighted by molar-refractivity contribution is 6.80. The smallest absolute Gasteiger partial charge is 0.374 e. The molecule has 0 fully saturated rings. The van der Waals surface area contributed by atoms with Gasteiger partial charge in [-0.2, -0.15) is 0 Å². The zero-order chi connectivity index (χ0) is 23.6. The van der Waals surface area contributed by atoms with Gasteiger partial charge in [0.15, 0.2) is 58.2 Å².